The van der Waals surface area contributed by atoms with E-state index >= 15 is 0 Å². The molecule has 0 saturated carbocycles. The molecule has 0 amide bonds. The highest BCUT2D eigenvalue weighted by atomic mass is 32.1. The van der Waals surface area contributed by atoms with Crippen LogP contribution in [0.3, 0.4) is 0 Å². The molecule has 90 valence electrons. The van der Waals surface area contributed by atoms with E-state index in [9.17, 15) is 0 Å². The molecular formula is C10H22N2O2S. The number of nitrogens with one attached hydrogen (secondary N) is 2. The standard InChI is InChI=1S/C10H22N2O2S/c1-5-9(7-14-4)12-10(15)11-8(2)6-13-3/h8-9H,5-7H2,1-4H3,(H2,11,12,15). The maximum atomic E-state index is 5.17. The van der Waals surface area contributed by atoms with Crippen molar-refractivity contribution in [2.24, 2.45) is 0 Å². The van der Waals surface area contributed by atoms with Crippen LogP contribution in [-0.2, 0) is 9.47 Å². The van der Waals surface area contributed by atoms with E-state index in [0.717, 1.165) is 6.42 Å². The largest absolute Gasteiger partial charge is 0.383 e. The molecule has 0 spiro atoms. The summed E-state index contributed by atoms with van der Waals surface area (Å²) >= 11 is 5.17. The molecule has 0 aliphatic heterocycles. The molecule has 0 aromatic rings. The fourth-order valence-corrected chi connectivity index (χ4v) is 1.57. The summed E-state index contributed by atoms with van der Waals surface area (Å²) in [7, 11) is 3.36. The van der Waals surface area contributed by atoms with Crippen molar-refractivity contribution in [2.75, 3.05) is 27.4 Å². The van der Waals surface area contributed by atoms with Crippen LogP contribution in [0.2, 0.25) is 0 Å². The van der Waals surface area contributed by atoms with Gasteiger partial charge in [0.15, 0.2) is 5.11 Å². The third kappa shape index (κ3) is 7.53. The average Bonchev–Trinajstić information content (AvgIpc) is 2.17. The fourth-order valence-electron chi connectivity index (χ4n) is 1.21. The van der Waals surface area contributed by atoms with E-state index in [0.29, 0.717) is 18.3 Å². The van der Waals surface area contributed by atoms with Gasteiger partial charge in [-0.15, -0.1) is 0 Å². The summed E-state index contributed by atoms with van der Waals surface area (Å²) in [6.45, 7) is 5.42. The second-order valence-electron chi connectivity index (χ2n) is 3.53. The number of hydrogen-bond acceptors (Lipinski definition) is 3. The van der Waals surface area contributed by atoms with Crippen LogP contribution in [-0.4, -0.2) is 44.6 Å². The summed E-state index contributed by atoms with van der Waals surface area (Å²) in [6, 6.07) is 0.486. The van der Waals surface area contributed by atoms with Crippen LogP contribution in [0.25, 0.3) is 0 Å². The molecule has 0 radical (unpaired) electrons. The van der Waals surface area contributed by atoms with E-state index in [1.807, 2.05) is 6.92 Å². The molecule has 4 nitrogen and oxygen atoms in total. The van der Waals surface area contributed by atoms with Gasteiger partial charge in [0.25, 0.3) is 0 Å². The molecule has 0 rings (SSSR count). The van der Waals surface area contributed by atoms with Crippen LogP contribution in [0, 0.1) is 0 Å². The van der Waals surface area contributed by atoms with Crippen molar-refractivity contribution in [1.82, 2.24) is 10.6 Å². The molecule has 0 aromatic heterocycles. The Labute approximate surface area is 97.7 Å². The Kier molecular flexibility index (Phi) is 8.65. The van der Waals surface area contributed by atoms with E-state index in [4.69, 9.17) is 21.7 Å². The minimum Gasteiger partial charge on any atom is -0.383 e. The first-order chi connectivity index (χ1) is 7.13. The van der Waals surface area contributed by atoms with Crippen molar-refractivity contribution in [2.45, 2.75) is 32.4 Å². The van der Waals surface area contributed by atoms with Crippen molar-refractivity contribution in [1.29, 1.82) is 0 Å². The third-order valence-electron chi connectivity index (χ3n) is 1.99. The minimum absolute atomic E-state index is 0.218. The van der Waals surface area contributed by atoms with Gasteiger partial charge >= 0.3 is 0 Å². The van der Waals surface area contributed by atoms with Gasteiger partial charge in [0.1, 0.15) is 0 Å². The zero-order valence-corrected chi connectivity index (χ0v) is 10.8. The summed E-state index contributed by atoms with van der Waals surface area (Å²) in [5, 5.41) is 7.00. The van der Waals surface area contributed by atoms with Gasteiger partial charge in [0.2, 0.25) is 0 Å². The molecule has 0 heterocycles. The molecule has 5 heteroatoms. The summed E-state index contributed by atoms with van der Waals surface area (Å²) in [5.41, 5.74) is 0. The molecule has 2 N–H and O–H groups in total. The number of rotatable bonds is 7. The summed E-state index contributed by atoms with van der Waals surface area (Å²) in [6.07, 6.45) is 0.980. The SMILES string of the molecule is CCC(COC)NC(=S)NC(C)COC. The van der Waals surface area contributed by atoms with Gasteiger partial charge in [-0.3, -0.25) is 0 Å². The van der Waals surface area contributed by atoms with Crippen LogP contribution in [0.15, 0.2) is 0 Å². The highest BCUT2D eigenvalue weighted by molar-refractivity contribution is 7.80. The first-order valence-corrected chi connectivity index (χ1v) is 5.59. The first-order valence-electron chi connectivity index (χ1n) is 5.18. The van der Waals surface area contributed by atoms with Crippen molar-refractivity contribution in [3.05, 3.63) is 0 Å². The Hall–Kier alpha value is -0.390. The van der Waals surface area contributed by atoms with Crippen LogP contribution in [0.4, 0.5) is 0 Å². The Balaban J connectivity index is 3.79. The monoisotopic (exact) mass is 234 g/mol. The summed E-state index contributed by atoms with van der Waals surface area (Å²) in [5.74, 6) is 0. The average molecular weight is 234 g/mol. The van der Waals surface area contributed by atoms with Crippen LogP contribution in [0.1, 0.15) is 20.3 Å². The molecule has 0 aromatic carbocycles. The highest BCUT2D eigenvalue weighted by Crippen LogP contribution is 1.92. The Morgan fingerprint density at radius 2 is 1.80 bits per heavy atom. The van der Waals surface area contributed by atoms with Gasteiger partial charge in [-0.25, -0.2) is 0 Å². The molecule has 2 unspecified atom stereocenters. The first kappa shape index (κ1) is 14.6. The normalized spacial score (nSPS) is 14.4. The molecule has 15 heavy (non-hydrogen) atoms. The maximum Gasteiger partial charge on any atom is 0.166 e. The second-order valence-corrected chi connectivity index (χ2v) is 3.94. The van der Waals surface area contributed by atoms with Crippen molar-refractivity contribution in [3.8, 4) is 0 Å². The van der Waals surface area contributed by atoms with Gasteiger partial charge in [0, 0.05) is 20.3 Å². The van der Waals surface area contributed by atoms with Crippen molar-refractivity contribution < 1.29 is 9.47 Å². The number of thiocarbonyl (C=S) groups is 1. The molecule has 0 aliphatic carbocycles. The Bertz CT molecular complexity index is 179. The van der Waals surface area contributed by atoms with Crippen LogP contribution < -0.4 is 10.6 Å². The molecule has 0 saturated heterocycles. The zero-order chi connectivity index (χ0) is 11.7. The third-order valence-corrected chi connectivity index (χ3v) is 2.23. The zero-order valence-electron chi connectivity index (χ0n) is 10.0. The molecule has 0 aliphatic rings. The van der Waals surface area contributed by atoms with E-state index in [2.05, 4.69) is 17.6 Å². The number of ether oxygens (including phenoxy) is 2. The van der Waals surface area contributed by atoms with E-state index in [1.54, 1.807) is 14.2 Å². The number of hydrogen-bond donors (Lipinski definition) is 2. The number of methoxy groups -OCH3 is 2. The van der Waals surface area contributed by atoms with Crippen molar-refractivity contribution >= 4 is 17.3 Å². The predicted molar refractivity (Wildman–Crippen MR) is 66.2 cm³/mol. The predicted octanol–water partition coefficient (Wildman–Crippen LogP) is 0.910. The van der Waals surface area contributed by atoms with Gasteiger partial charge in [0.05, 0.1) is 19.3 Å². The summed E-state index contributed by atoms with van der Waals surface area (Å²) < 4.78 is 10.1. The lowest BCUT2D eigenvalue weighted by Crippen LogP contribution is -2.47. The van der Waals surface area contributed by atoms with Gasteiger partial charge < -0.3 is 20.1 Å². The molecule has 2 atom stereocenters. The maximum absolute atomic E-state index is 5.17. The Morgan fingerprint density at radius 1 is 1.20 bits per heavy atom. The van der Waals surface area contributed by atoms with Crippen LogP contribution in [0.5, 0.6) is 0 Å². The van der Waals surface area contributed by atoms with E-state index in [-0.39, 0.29) is 12.1 Å². The quantitative estimate of drug-likeness (QED) is 0.641. The molecule has 0 bridgehead atoms. The van der Waals surface area contributed by atoms with Gasteiger partial charge in [-0.05, 0) is 25.6 Å². The topological polar surface area (TPSA) is 42.5 Å². The lowest BCUT2D eigenvalue weighted by Gasteiger charge is -2.21. The molecular weight excluding hydrogens is 212 g/mol. The molecule has 0 fully saturated rings. The van der Waals surface area contributed by atoms with Crippen LogP contribution >= 0.6 is 12.2 Å². The Morgan fingerprint density at radius 3 is 2.27 bits per heavy atom. The fraction of sp³-hybridized carbons (Fsp3) is 0.900. The van der Waals surface area contributed by atoms with E-state index in [1.165, 1.54) is 0 Å². The minimum atomic E-state index is 0.218. The van der Waals surface area contributed by atoms with Crippen molar-refractivity contribution in [3.63, 3.8) is 0 Å². The highest BCUT2D eigenvalue weighted by Gasteiger charge is 2.08. The van der Waals surface area contributed by atoms with Gasteiger partial charge in [-0.2, -0.15) is 0 Å². The second kappa shape index (κ2) is 8.88. The lowest BCUT2D eigenvalue weighted by molar-refractivity contribution is 0.169. The smallest absolute Gasteiger partial charge is 0.166 e. The summed E-state index contributed by atoms with van der Waals surface area (Å²) in [4.78, 5) is 0. The lowest BCUT2D eigenvalue weighted by atomic mass is 10.2. The van der Waals surface area contributed by atoms with Gasteiger partial charge in [-0.1, -0.05) is 6.92 Å². The van der Waals surface area contributed by atoms with E-state index < -0.39 is 0 Å².